The van der Waals surface area contributed by atoms with Gasteiger partial charge in [0, 0.05) is 12.8 Å². The number of benzene rings is 1. The van der Waals surface area contributed by atoms with E-state index >= 15 is 0 Å². The van der Waals surface area contributed by atoms with E-state index in [1.54, 1.807) is 6.92 Å². The van der Waals surface area contributed by atoms with Crippen molar-refractivity contribution >= 4 is 28.2 Å². The number of halogens is 1. The minimum Gasteiger partial charge on any atom is -0.462 e. The Balaban J connectivity index is 0.00000289. The van der Waals surface area contributed by atoms with Crippen molar-refractivity contribution in [3.63, 3.8) is 0 Å². The Hall–Kier alpha value is -1.11. The number of carbonyl (C=O) groups is 1. The lowest BCUT2D eigenvalue weighted by Crippen LogP contribution is -2.12. The van der Waals surface area contributed by atoms with Crippen molar-refractivity contribution in [2.24, 2.45) is 5.73 Å². The van der Waals surface area contributed by atoms with Crippen LogP contribution < -0.4 is 5.73 Å². The fourth-order valence-corrected chi connectivity index (χ4v) is 2.01. The number of carbonyl (C=O) groups excluding carboxylic acids is 1. The second kappa shape index (κ2) is 6.72. The zero-order valence-electron chi connectivity index (χ0n) is 10.2. The highest BCUT2D eigenvalue weighted by Gasteiger charge is 2.16. The zero-order chi connectivity index (χ0) is 13.1. The van der Waals surface area contributed by atoms with Gasteiger partial charge in [-0.2, -0.15) is 0 Å². The molecule has 0 saturated carbocycles. The highest BCUT2D eigenvalue weighted by Crippen LogP contribution is 2.17. The van der Waals surface area contributed by atoms with Crippen LogP contribution in [-0.2, 0) is 21.1 Å². The third-order valence-corrected chi connectivity index (χ3v) is 3.33. The molecule has 18 heavy (non-hydrogen) atoms. The molecule has 1 aromatic carbocycles. The van der Waals surface area contributed by atoms with Crippen molar-refractivity contribution in [1.29, 1.82) is 0 Å². The molecular weight excluding hydrogens is 278 g/mol. The molecule has 0 bridgehead atoms. The van der Waals surface area contributed by atoms with Crippen LogP contribution >= 0.6 is 12.4 Å². The first-order valence-corrected chi connectivity index (χ1v) is 6.99. The summed E-state index contributed by atoms with van der Waals surface area (Å²) in [6.45, 7) is 2.06. The fourth-order valence-electron chi connectivity index (χ4n) is 1.36. The summed E-state index contributed by atoms with van der Waals surface area (Å²) in [5.41, 5.74) is 6.26. The Bertz CT molecular complexity index is 528. The molecule has 0 aliphatic heterocycles. The molecule has 0 aliphatic rings. The van der Waals surface area contributed by atoms with E-state index in [0.29, 0.717) is 5.56 Å². The Kier molecular flexibility index (Phi) is 6.31. The molecule has 1 aromatic rings. The van der Waals surface area contributed by atoms with E-state index in [1.807, 2.05) is 0 Å². The predicted octanol–water partition coefficient (Wildman–Crippen LogP) is 1.15. The van der Waals surface area contributed by atoms with Gasteiger partial charge >= 0.3 is 5.97 Å². The maximum Gasteiger partial charge on any atom is 0.338 e. The van der Waals surface area contributed by atoms with Crippen LogP contribution in [0.3, 0.4) is 0 Å². The van der Waals surface area contributed by atoms with Gasteiger partial charge in [0.2, 0.25) is 0 Å². The van der Waals surface area contributed by atoms with Crippen LogP contribution in [0, 0.1) is 0 Å². The minimum atomic E-state index is -3.35. The topological polar surface area (TPSA) is 86.5 Å². The summed E-state index contributed by atoms with van der Waals surface area (Å²) >= 11 is 0. The summed E-state index contributed by atoms with van der Waals surface area (Å²) in [4.78, 5) is 11.7. The van der Waals surface area contributed by atoms with Crippen molar-refractivity contribution in [3.8, 4) is 0 Å². The monoisotopic (exact) mass is 293 g/mol. The van der Waals surface area contributed by atoms with Gasteiger partial charge in [0.25, 0.3) is 0 Å². The Morgan fingerprint density at radius 1 is 1.39 bits per heavy atom. The van der Waals surface area contributed by atoms with Gasteiger partial charge in [-0.1, -0.05) is 6.07 Å². The molecule has 0 amide bonds. The van der Waals surface area contributed by atoms with Crippen LogP contribution in [0.5, 0.6) is 0 Å². The summed E-state index contributed by atoms with van der Waals surface area (Å²) in [5.74, 6) is -0.557. The van der Waals surface area contributed by atoms with Crippen molar-refractivity contribution in [1.82, 2.24) is 0 Å². The van der Waals surface area contributed by atoms with Gasteiger partial charge in [-0.3, -0.25) is 0 Å². The van der Waals surface area contributed by atoms with Crippen LogP contribution in [0.25, 0.3) is 0 Å². The molecule has 0 aliphatic carbocycles. The highest BCUT2D eigenvalue weighted by atomic mass is 35.5. The first kappa shape index (κ1) is 16.9. The first-order chi connectivity index (χ1) is 7.90. The summed E-state index contributed by atoms with van der Waals surface area (Å²) in [6.07, 6.45) is 1.08. The molecular formula is C11H16ClNO4S. The second-order valence-electron chi connectivity index (χ2n) is 3.52. The Morgan fingerprint density at radius 3 is 2.44 bits per heavy atom. The maximum absolute atomic E-state index is 11.6. The number of hydrogen-bond donors (Lipinski definition) is 1. The third kappa shape index (κ3) is 3.97. The quantitative estimate of drug-likeness (QED) is 0.842. The van der Waals surface area contributed by atoms with Crippen LogP contribution in [0.15, 0.2) is 23.1 Å². The lowest BCUT2D eigenvalue weighted by molar-refractivity contribution is 0.0525. The van der Waals surface area contributed by atoms with E-state index in [2.05, 4.69) is 0 Å². The molecule has 0 unspecified atom stereocenters. The molecule has 0 radical (unpaired) electrons. The number of esters is 1. The van der Waals surface area contributed by atoms with Crippen LogP contribution in [-0.4, -0.2) is 27.2 Å². The van der Waals surface area contributed by atoms with E-state index < -0.39 is 15.8 Å². The maximum atomic E-state index is 11.6. The molecule has 7 heteroatoms. The minimum absolute atomic E-state index is 0. The third-order valence-electron chi connectivity index (χ3n) is 2.22. The smallest absolute Gasteiger partial charge is 0.338 e. The van der Waals surface area contributed by atoms with Gasteiger partial charge in [0.1, 0.15) is 0 Å². The van der Waals surface area contributed by atoms with E-state index in [1.165, 1.54) is 18.2 Å². The van der Waals surface area contributed by atoms with Crippen molar-refractivity contribution in [2.45, 2.75) is 18.4 Å². The fraction of sp³-hybridized carbons (Fsp3) is 0.364. The second-order valence-corrected chi connectivity index (χ2v) is 5.53. The SMILES string of the molecule is CCOC(=O)c1cc(S(C)(=O)=O)ccc1CN.Cl. The largest absolute Gasteiger partial charge is 0.462 e. The predicted molar refractivity (Wildman–Crippen MR) is 70.6 cm³/mol. The van der Waals surface area contributed by atoms with E-state index in [0.717, 1.165) is 6.26 Å². The lowest BCUT2D eigenvalue weighted by atomic mass is 10.1. The number of sulfone groups is 1. The summed E-state index contributed by atoms with van der Waals surface area (Å²) in [6, 6.07) is 4.26. The number of hydrogen-bond acceptors (Lipinski definition) is 5. The molecule has 102 valence electrons. The van der Waals surface area contributed by atoms with Gasteiger partial charge in [-0.05, 0) is 24.6 Å². The van der Waals surface area contributed by atoms with Crippen molar-refractivity contribution < 1.29 is 17.9 Å². The molecule has 0 heterocycles. The molecule has 0 saturated heterocycles. The molecule has 0 spiro atoms. The molecule has 0 atom stereocenters. The van der Waals surface area contributed by atoms with Gasteiger partial charge in [0.05, 0.1) is 17.1 Å². The number of nitrogens with two attached hydrogens (primary N) is 1. The van der Waals surface area contributed by atoms with Gasteiger partial charge in [-0.15, -0.1) is 12.4 Å². The zero-order valence-corrected chi connectivity index (χ0v) is 11.8. The van der Waals surface area contributed by atoms with Crippen LogP contribution in [0.4, 0.5) is 0 Å². The van der Waals surface area contributed by atoms with Crippen LogP contribution in [0.2, 0.25) is 0 Å². The molecule has 0 fully saturated rings. The van der Waals surface area contributed by atoms with Gasteiger partial charge in [-0.25, -0.2) is 13.2 Å². The summed E-state index contributed by atoms with van der Waals surface area (Å²) in [7, 11) is -3.35. The van der Waals surface area contributed by atoms with Crippen LogP contribution in [0.1, 0.15) is 22.8 Å². The average molecular weight is 294 g/mol. The highest BCUT2D eigenvalue weighted by molar-refractivity contribution is 7.90. The Labute approximate surface area is 113 Å². The molecule has 2 N–H and O–H groups in total. The summed E-state index contributed by atoms with van der Waals surface area (Å²) in [5, 5.41) is 0. The van der Waals surface area contributed by atoms with E-state index in [9.17, 15) is 13.2 Å². The first-order valence-electron chi connectivity index (χ1n) is 5.10. The lowest BCUT2D eigenvalue weighted by Gasteiger charge is -2.08. The van der Waals surface area contributed by atoms with Crippen molar-refractivity contribution in [2.75, 3.05) is 12.9 Å². The van der Waals surface area contributed by atoms with Gasteiger partial charge < -0.3 is 10.5 Å². The normalized spacial score (nSPS) is 10.6. The average Bonchev–Trinajstić information content (AvgIpc) is 2.27. The Morgan fingerprint density at radius 2 is 2.00 bits per heavy atom. The molecule has 0 aromatic heterocycles. The standard InChI is InChI=1S/C11H15NO4S.ClH/c1-3-16-11(13)10-6-9(17(2,14)15)5-4-8(10)7-12;/h4-6H,3,7,12H2,1-2H3;1H. The number of ether oxygens (including phenoxy) is 1. The molecule has 5 nitrogen and oxygen atoms in total. The van der Waals surface area contributed by atoms with E-state index in [-0.39, 0.29) is 36.0 Å². The van der Waals surface area contributed by atoms with E-state index in [4.69, 9.17) is 10.5 Å². The number of rotatable bonds is 4. The van der Waals surface area contributed by atoms with Crippen molar-refractivity contribution in [3.05, 3.63) is 29.3 Å². The molecule has 1 rings (SSSR count). The van der Waals surface area contributed by atoms with Gasteiger partial charge in [0.15, 0.2) is 9.84 Å². The summed E-state index contributed by atoms with van der Waals surface area (Å²) < 4.78 is 27.6.